The first-order chi connectivity index (χ1) is 7.16. The van der Waals surface area contributed by atoms with Gasteiger partial charge in [0.05, 0.1) is 5.02 Å². The second-order valence-corrected chi connectivity index (χ2v) is 5.34. The van der Waals surface area contributed by atoms with Crippen molar-refractivity contribution >= 4 is 22.9 Å². The number of aryl methyl sites for hydroxylation is 1. The van der Waals surface area contributed by atoms with Crippen LogP contribution in [0.1, 0.15) is 55.5 Å². The van der Waals surface area contributed by atoms with Crippen molar-refractivity contribution < 1.29 is 0 Å². The Morgan fingerprint density at radius 1 is 1.40 bits per heavy atom. The first kappa shape index (κ1) is 13.0. The smallest absolute Gasteiger partial charge is 0.0590 e. The number of rotatable bonds is 6. The van der Waals surface area contributed by atoms with Crippen LogP contribution in [-0.2, 0) is 0 Å². The van der Waals surface area contributed by atoms with Crippen molar-refractivity contribution in [2.45, 2.75) is 52.0 Å². The monoisotopic (exact) mass is 245 g/mol. The normalized spacial score (nSPS) is 13.1. The molecule has 0 aromatic carbocycles. The average molecular weight is 246 g/mol. The van der Waals surface area contributed by atoms with Gasteiger partial charge in [-0.1, -0.05) is 44.2 Å². The van der Waals surface area contributed by atoms with Crippen LogP contribution in [0.3, 0.4) is 0 Å². The summed E-state index contributed by atoms with van der Waals surface area (Å²) in [4.78, 5) is 1.16. The molecular weight excluding hydrogens is 226 g/mol. The molecule has 0 amide bonds. The van der Waals surface area contributed by atoms with Gasteiger partial charge in [0, 0.05) is 10.9 Å². The van der Waals surface area contributed by atoms with E-state index in [1.165, 1.54) is 25.7 Å². The minimum Gasteiger partial charge on any atom is -0.323 e. The molecule has 1 heterocycles. The molecule has 3 heteroatoms. The molecular formula is C12H20ClNS. The third kappa shape index (κ3) is 3.78. The summed E-state index contributed by atoms with van der Waals surface area (Å²) in [6.45, 7) is 4.26. The summed E-state index contributed by atoms with van der Waals surface area (Å²) in [5.41, 5.74) is 7.27. The Labute approximate surface area is 102 Å². The van der Waals surface area contributed by atoms with E-state index in [2.05, 4.69) is 12.3 Å². The average Bonchev–Trinajstić information content (AvgIpc) is 2.55. The molecule has 1 rings (SSSR count). The summed E-state index contributed by atoms with van der Waals surface area (Å²) in [6.07, 6.45) is 6.13. The molecule has 0 aliphatic heterocycles. The van der Waals surface area contributed by atoms with Gasteiger partial charge in [-0.25, -0.2) is 0 Å². The summed E-state index contributed by atoms with van der Waals surface area (Å²) < 4.78 is 0. The Morgan fingerprint density at radius 2 is 2.13 bits per heavy atom. The minimum absolute atomic E-state index is 0.132. The van der Waals surface area contributed by atoms with Crippen LogP contribution >= 0.6 is 22.9 Å². The van der Waals surface area contributed by atoms with E-state index in [1.54, 1.807) is 11.3 Å². The van der Waals surface area contributed by atoms with Gasteiger partial charge in [0.15, 0.2) is 0 Å². The highest BCUT2D eigenvalue weighted by atomic mass is 35.5. The first-order valence-electron chi connectivity index (χ1n) is 5.65. The molecule has 1 unspecified atom stereocenters. The van der Waals surface area contributed by atoms with Crippen LogP contribution in [0.25, 0.3) is 0 Å². The predicted octanol–water partition coefficient (Wildman–Crippen LogP) is 4.68. The highest BCUT2D eigenvalue weighted by molar-refractivity contribution is 7.10. The third-order valence-corrected chi connectivity index (χ3v) is 4.48. The van der Waals surface area contributed by atoms with E-state index >= 15 is 0 Å². The van der Waals surface area contributed by atoms with E-state index in [9.17, 15) is 0 Å². The Morgan fingerprint density at radius 3 is 2.67 bits per heavy atom. The lowest BCUT2D eigenvalue weighted by Gasteiger charge is -2.10. The molecule has 0 bridgehead atoms. The van der Waals surface area contributed by atoms with Crippen LogP contribution in [0.15, 0.2) is 5.38 Å². The maximum atomic E-state index is 6.17. The fourth-order valence-corrected chi connectivity index (χ4v) is 2.99. The Kier molecular flexibility index (Phi) is 5.65. The number of thiophene rings is 1. The quantitative estimate of drug-likeness (QED) is 0.724. The second-order valence-electron chi connectivity index (χ2n) is 4.05. The summed E-state index contributed by atoms with van der Waals surface area (Å²) in [7, 11) is 0. The van der Waals surface area contributed by atoms with E-state index < -0.39 is 0 Å². The highest BCUT2D eigenvalue weighted by Gasteiger charge is 2.13. The van der Waals surface area contributed by atoms with Crippen LogP contribution in [0.4, 0.5) is 0 Å². The molecule has 0 saturated carbocycles. The van der Waals surface area contributed by atoms with E-state index in [-0.39, 0.29) is 6.04 Å². The van der Waals surface area contributed by atoms with Gasteiger partial charge in [-0.05, 0) is 24.3 Å². The number of hydrogen-bond donors (Lipinski definition) is 1. The molecule has 86 valence electrons. The maximum absolute atomic E-state index is 6.17. The van der Waals surface area contributed by atoms with Crippen LogP contribution in [0, 0.1) is 6.92 Å². The molecule has 1 atom stereocenters. The second kappa shape index (κ2) is 6.51. The van der Waals surface area contributed by atoms with Crippen molar-refractivity contribution in [3.8, 4) is 0 Å². The molecule has 1 nitrogen and oxygen atoms in total. The summed E-state index contributed by atoms with van der Waals surface area (Å²) in [5.74, 6) is 0. The third-order valence-electron chi connectivity index (χ3n) is 2.63. The molecule has 0 spiro atoms. The van der Waals surface area contributed by atoms with Crippen molar-refractivity contribution in [2.24, 2.45) is 5.73 Å². The summed E-state index contributed by atoms with van der Waals surface area (Å²) in [6, 6.07) is 0.132. The molecule has 0 radical (unpaired) electrons. The summed E-state index contributed by atoms with van der Waals surface area (Å²) in [5, 5.41) is 2.96. The van der Waals surface area contributed by atoms with Crippen molar-refractivity contribution in [3.63, 3.8) is 0 Å². The largest absolute Gasteiger partial charge is 0.323 e. The Bertz CT molecular complexity index is 296. The summed E-state index contributed by atoms with van der Waals surface area (Å²) >= 11 is 7.87. The van der Waals surface area contributed by atoms with Crippen molar-refractivity contribution in [1.82, 2.24) is 0 Å². The van der Waals surface area contributed by atoms with Gasteiger partial charge in [-0.3, -0.25) is 0 Å². The van der Waals surface area contributed by atoms with Crippen molar-refractivity contribution in [1.29, 1.82) is 0 Å². The van der Waals surface area contributed by atoms with Gasteiger partial charge in [-0.15, -0.1) is 11.3 Å². The van der Waals surface area contributed by atoms with E-state index in [0.29, 0.717) is 0 Å². The van der Waals surface area contributed by atoms with Crippen LogP contribution in [-0.4, -0.2) is 0 Å². The molecule has 2 N–H and O–H groups in total. The highest BCUT2D eigenvalue weighted by Crippen LogP contribution is 2.33. The predicted molar refractivity (Wildman–Crippen MR) is 69.8 cm³/mol. The molecule has 15 heavy (non-hydrogen) atoms. The zero-order chi connectivity index (χ0) is 11.3. The number of unbranched alkanes of at least 4 members (excludes halogenated alkanes) is 3. The standard InChI is InChI=1S/C12H20ClNS/c1-3-4-5-6-7-10(14)12-11(13)9(2)8-15-12/h8,10H,3-7,14H2,1-2H3. The van der Waals surface area contributed by atoms with Crippen LogP contribution < -0.4 is 5.73 Å². The number of nitrogens with two attached hydrogens (primary N) is 1. The maximum Gasteiger partial charge on any atom is 0.0590 e. The SMILES string of the molecule is CCCCCCC(N)c1scc(C)c1Cl. The number of hydrogen-bond acceptors (Lipinski definition) is 2. The van der Waals surface area contributed by atoms with Gasteiger partial charge < -0.3 is 5.73 Å². The lowest BCUT2D eigenvalue weighted by Crippen LogP contribution is -2.08. The van der Waals surface area contributed by atoms with Gasteiger partial charge in [0.2, 0.25) is 0 Å². The van der Waals surface area contributed by atoms with Gasteiger partial charge in [0.25, 0.3) is 0 Å². The topological polar surface area (TPSA) is 26.0 Å². The first-order valence-corrected chi connectivity index (χ1v) is 6.91. The van der Waals surface area contributed by atoms with Gasteiger partial charge >= 0.3 is 0 Å². The molecule has 0 saturated heterocycles. The minimum atomic E-state index is 0.132. The number of halogens is 1. The molecule has 0 fully saturated rings. The van der Waals surface area contributed by atoms with Crippen LogP contribution in [0.5, 0.6) is 0 Å². The molecule has 1 aromatic heterocycles. The van der Waals surface area contributed by atoms with Gasteiger partial charge in [-0.2, -0.15) is 0 Å². The molecule has 1 aromatic rings. The fourth-order valence-electron chi connectivity index (χ4n) is 1.62. The molecule has 0 aliphatic rings. The van der Waals surface area contributed by atoms with Crippen molar-refractivity contribution in [3.05, 3.63) is 20.8 Å². The lowest BCUT2D eigenvalue weighted by molar-refractivity contribution is 0.571. The van der Waals surface area contributed by atoms with E-state index in [4.69, 9.17) is 17.3 Å². The van der Waals surface area contributed by atoms with Crippen LogP contribution in [0.2, 0.25) is 5.02 Å². The van der Waals surface area contributed by atoms with Crippen molar-refractivity contribution in [2.75, 3.05) is 0 Å². The molecule has 0 aliphatic carbocycles. The zero-order valence-electron chi connectivity index (χ0n) is 9.55. The lowest BCUT2D eigenvalue weighted by atomic mass is 10.1. The zero-order valence-corrected chi connectivity index (χ0v) is 11.1. The Hall–Kier alpha value is -0.0500. The Balaban J connectivity index is 2.40. The fraction of sp³-hybridized carbons (Fsp3) is 0.667. The van der Waals surface area contributed by atoms with E-state index in [0.717, 1.165) is 21.9 Å². The van der Waals surface area contributed by atoms with E-state index in [1.807, 2.05) is 6.92 Å². The van der Waals surface area contributed by atoms with Gasteiger partial charge in [0.1, 0.15) is 0 Å².